The summed E-state index contributed by atoms with van der Waals surface area (Å²) in [6.07, 6.45) is 2.06. The molecule has 0 aliphatic heterocycles. The number of halogens is 1. The number of aliphatic hydroxyl groups excluding tert-OH is 2. The molecule has 4 N–H and O–H groups in total. The Kier molecular flexibility index (Phi) is 10.1. The van der Waals surface area contributed by atoms with Gasteiger partial charge in [-0.25, -0.2) is 4.79 Å². The molecule has 1 aromatic heterocycles. The Hall–Kier alpha value is -4.11. The van der Waals surface area contributed by atoms with Crippen molar-refractivity contribution in [2.75, 3.05) is 18.5 Å². The molecule has 0 radical (unpaired) electrons. The predicted molar refractivity (Wildman–Crippen MR) is 165 cm³/mol. The van der Waals surface area contributed by atoms with Crippen molar-refractivity contribution in [3.63, 3.8) is 0 Å². The highest BCUT2D eigenvalue weighted by Crippen LogP contribution is 2.25. The number of carbonyl (C=O) groups excluding carboxylic acids is 2. The van der Waals surface area contributed by atoms with Gasteiger partial charge in [-0.15, -0.1) is 0 Å². The lowest BCUT2D eigenvalue weighted by molar-refractivity contribution is -0.00373. The number of hydrogen-bond donors (Lipinski definition) is 4. The minimum atomic E-state index is -1.04. The minimum absolute atomic E-state index is 0.102. The highest BCUT2D eigenvalue weighted by atomic mass is 35.5. The smallest absolute Gasteiger partial charge is 0.410 e. The van der Waals surface area contributed by atoms with E-state index < -0.39 is 23.8 Å². The number of carbonyl (C=O) groups is 2. The molecular weight excluding hydrogens is 554 g/mol. The topological polar surface area (TPSA) is 115 Å². The van der Waals surface area contributed by atoms with Gasteiger partial charge < -0.3 is 25.3 Å². The molecule has 0 unspecified atom stereocenters. The van der Waals surface area contributed by atoms with Crippen LogP contribution in [-0.2, 0) is 11.2 Å². The van der Waals surface area contributed by atoms with E-state index in [-0.39, 0.29) is 19.1 Å². The second-order valence-corrected chi connectivity index (χ2v) is 11.5. The van der Waals surface area contributed by atoms with E-state index in [0.717, 1.165) is 16.7 Å². The Morgan fingerprint density at radius 3 is 2.36 bits per heavy atom. The fraction of sp³-hybridized carbons (Fsp3) is 0.273. The van der Waals surface area contributed by atoms with E-state index >= 15 is 0 Å². The third-order valence-corrected chi connectivity index (χ3v) is 6.88. The highest BCUT2D eigenvalue weighted by Gasteiger charge is 2.30. The standard InChI is InChI=1S/C33H36ClN3O5/c1-33(2,3)42-32(41)37(20-30(39)24-10-7-11-25(34)17-24)27(21-38)16-22-12-14-26(15-13-22)36-31(40)29-19-35-18-28(29)23-8-5-4-6-9-23/h4-15,17-19,27,30,35,38-39H,16,20-21H2,1-3H3,(H,36,40)/t27-,30-/m0/s1. The van der Waals surface area contributed by atoms with Crippen LogP contribution in [0.1, 0.15) is 48.4 Å². The van der Waals surface area contributed by atoms with E-state index in [1.807, 2.05) is 42.5 Å². The fourth-order valence-electron chi connectivity index (χ4n) is 4.58. The number of rotatable bonds is 10. The number of nitrogens with zero attached hydrogens (tertiary/aromatic N) is 1. The van der Waals surface area contributed by atoms with Crippen LogP contribution < -0.4 is 5.32 Å². The highest BCUT2D eigenvalue weighted by molar-refractivity contribution is 6.30. The number of amides is 2. The average Bonchev–Trinajstić information content (AvgIpc) is 3.45. The maximum atomic E-state index is 13.2. The maximum absolute atomic E-state index is 13.2. The Bertz CT molecular complexity index is 1480. The summed E-state index contributed by atoms with van der Waals surface area (Å²) in [5.41, 5.74) is 3.47. The summed E-state index contributed by atoms with van der Waals surface area (Å²) >= 11 is 6.10. The molecule has 3 aromatic carbocycles. The third kappa shape index (κ3) is 8.22. The SMILES string of the molecule is CC(C)(C)OC(=O)N(C[C@H](O)c1cccc(Cl)c1)[C@H](CO)Cc1ccc(NC(=O)c2c[nH]cc2-c2ccccc2)cc1. The minimum Gasteiger partial charge on any atom is -0.444 e. The Labute approximate surface area is 250 Å². The largest absolute Gasteiger partial charge is 0.444 e. The van der Waals surface area contributed by atoms with Crippen molar-refractivity contribution >= 4 is 29.3 Å². The number of hydrogen-bond acceptors (Lipinski definition) is 5. The Balaban J connectivity index is 1.47. The number of H-pyrrole nitrogens is 1. The molecule has 42 heavy (non-hydrogen) atoms. The van der Waals surface area contributed by atoms with Gasteiger partial charge in [0.1, 0.15) is 5.60 Å². The van der Waals surface area contributed by atoms with E-state index in [0.29, 0.717) is 28.3 Å². The van der Waals surface area contributed by atoms with Gasteiger partial charge in [0.15, 0.2) is 0 Å². The number of anilines is 1. The molecule has 8 nitrogen and oxygen atoms in total. The monoisotopic (exact) mass is 589 g/mol. The van der Waals surface area contributed by atoms with Crippen LogP contribution in [0.5, 0.6) is 0 Å². The van der Waals surface area contributed by atoms with Gasteiger partial charge >= 0.3 is 6.09 Å². The van der Waals surface area contributed by atoms with Crippen LogP contribution in [0.4, 0.5) is 10.5 Å². The van der Waals surface area contributed by atoms with Crippen molar-refractivity contribution in [2.45, 2.75) is 44.9 Å². The lowest BCUT2D eigenvalue weighted by Crippen LogP contribution is -2.48. The van der Waals surface area contributed by atoms with E-state index in [2.05, 4.69) is 10.3 Å². The second-order valence-electron chi connectivity index (χ2n) is 11.0. The van der Waals surface area contributed by atoms with Gasteiger partial charge in [0, 0.05) is 28.7 Å². The van der Waals surface area contributed by atoms with Crippen LogP contribution in [0, 0.1) is 0 Å². The number of aromatic nitrogens is 1. The van der Waals surface area contributed by atoms with Gasteiger partial charge in [0.25, 0.3) is 5.91 Å². The molecule has 0 aliphatic carbocycles. The third-order valence-electron chi connectivity index (χ3n) is 6.64. The van der Waals surface area contributed by atoms with Crippen LogP contribution in [-0.4, -0.2) is 56.9 Å². The first-order valence-corrected chi connectivity index (χ1v) is 14.1. The van der Waals surface area contributed by atoms with Crippen LogP contribution in [0.25, 0.3) is 11.1 Å². The molecule has 0 bridgehead atoms. The number of aliphatic hydroxyl groups is 2. The van der Waals surface area contributed by atoms with E-state index in [4.69, 9.17) is 16.3 Å². The summed E-state index contributed by atoms with van der Waals surface area (Å²) < 4.78 is 5.61. The molecule has 0 aliphatic rings. The van der Waals surface area contributed by atoms with Crippen LogP contribution in [0.3, 0.4) is 0 Å². The van der Waals surface area contributed by atoms with Crippen molar-refractivity contribution in [3.8, 4) is 11.1 Å². The van der Waals surface area contributed by atoms with Crippen LogP contribution >= 0.6 is 11.6 Å². The molecule has 220 valence electrons. The van der Waals surface area contributed by atoms with Gasteiger partial charge in [-0.2, -0.15) is 0 Å². The van der Waals surface area contributed by atoms with Gasteiger partial charge in [-0.3, -0.25) is 9.69 Å². The first-order valence-electron chi connectivity index (χ1n) is 13.7. The Morgan fingerprint density at radius 2 is 1.71 bits per heavy atom. The summed E-state index contributed by atoms with van der Waals surface area (Å²) in [5.74, 6) is -0.248. The zero-order valence-corrected chi connectivity index (χ0v) is 24.6. The molecule has 2 amide bonds. The lowest BCUT2D eigenvalue weighted by Gasteiger charge is -2.34. The van der Waals surface area contributed by atoms with Gasteiger partial charge in [0.05, 0.1) is 30.9 Å². The quantitative estimate of drug-likeness (QED) is 0.169. The normalized spacial score (nSPS) is 12.8. The first kappa shape index (κ1) is 30.8. The van der Waals surface area contributed by atoms with Crippen LogP contribution in [0.15, 0.2) is 91.3 Å². The number of ether oxygens (including phenoxy) is 1. The van der Waals surface area contributed by atoms with Gasteiger partial charge in [-0.1, -0.05) is 66.2 Å². The van der Waals surface area contributed by atoms with Crippen molar-refractivity contribution in [1.29, 1.82) is 0 Å². The summed E-state index contributed by atoms with van der Waals surface area (Å²) in [4.78, 5) is 30.6. The first-order chi connectivity index (χ1) is 20.0. The van der Waals surface area contributed by atoms with Crippen molar-refractivity contribution in [2.24, 2.45) is 0 Å². The van der Waals surface area contributed by atoms with Gasteiger partial charge in [0.2, 0.25) is 0 Å². The molecule has 0 saturated heterocycles. The molecule has 4 aromatic rings. The number of benzene rings is 3. The molecular formula is C33H36ClN3O5. The number of aromatic amines is 1. The predicted octanol–water partition coefficient (Wildman–Crippen LogP) is 6.46. The van der Waals surface area contributed by atoms with Crippen LogP contribution in [0.2, 0.25) is 5.02 Å². The summed E-state index contributed by atoms with van der Waals surface area (Å²) in [7, 11) is 0. The zero-order valence-electron chi connectivity index (χ0n) is 23.9. The van der Waals surface area contributed by atoms with E-state index in [1.54, 1.807) is 69.6 Å². The van der Waals surface area contributed by atoms with Crippen molar-refractivity contribution in [3.05, 3.63) is 113 Å². The second kappa shape index (κ2) is 13.7. The summed E-state index contributed by atoms with van der Waals surface area (Å²) in [5, 5.41) is 24.6. The molecule has 0 fully saturated rings. The molecule has 4 rings (SSSR count). The van der Waals surface area contributed by atoms with Crippen molar-refractivity contribution in [1.82, 2.24) is 9.88 Å². The Morgan fingerprint density at radius 1 is 1.00 bits per heavy atom. The molecule has 9 heteroatoms. The van der Waals surface area contributed by atoms with E-state index in [1.165, 1.54) is 4.90 Å². The molecule has 0 saturated carbocycles. The zero-order chi connectivity index (χ0) is 30.3. The fourth-order valence-corrected chi connectivity index (χ4v) is 4.77. The molecule has 2 atom stereocenters. The lowest BCUT2D eigenvalue weighted by atomic mass is 10.0. The molecule has 1 heterocycles. The summed E-state index contributed by atoms with van der Waals surface area (Å²) in [6, 6.07) is 23.0. The maximum Gasteiger partial charge on any atom is 0.410 e. The number of nitrogens with one attached hydrogen (secondary N) is 2. The average molecular weight is 590 g/mol. The summed E-state index contributed by atoms with van der Waals surface area (Å²) in [6.45, 7) is 4.82. The van der Waals surface area contributed by atoms with Crippen molar-refractivity contribution < 1.29 is 24.5 Å². The molecule has 0 spiro atoms. The van der Waals surface area contributed by atoms with E-state index in [9.17, 15) is 19.8 Å². The van der Waals surface area contributed by atoms with Gasteiger partial charge in [-0.05, 0) is 68.1 Å².